The zero-order chi connectivity index (χ0) is 16.2. The van der Waals surface area contributed by atoms with E-state index in [0.29, 0.717) is 24.1 Å². The molecule has 3 atom stereocenters. The van der Waals surface area contributed by atoms with Gasteiger partial charge in [-0.3, -0.25) is 9.59 Å². The quantitative estimate of drug-likeness (QED) is 0.777. The van der Waals surface area contributed by atoms with Gasteiger partial charge in [0.25, 0.3) is 5.91 Å². The van der Waals surface area contributed by atoms with Crippen molar-refractivity contribution in [3.63, 3.8) is 0 Å². The van der Waals surface area contributed by atoms with E-state index in [4.69, 9.17) is 0 Å². The van der Waals surface area contributed by atoms with Crippen LogP contribution in [0.2, 0.25) is 0 Å². The van der Waals surface area contributed by atoms with E-state index in [2.05, 4.69) is 16.0 Å². The summed E-state index contributed by atoms with van der Waals surface area (Å²) in [6.45, 7) is 0.456. The predicted octanol–water partition coefficient (Wildman–Crippen LogP) is 2.00. The number of hydrogen-bond acceptors (Lipinski definition) is 3. The Kier molecular flexibility index (Phi) is 6.63. The normalized spacial score (nSPS) is 25.3. The van der Waals surface area contributed by atoms with Crippen molar-refractivity contribution < 1.29 is 9.59 Å². The van der Waals surface area contributed by atoms with Gasteiger partial charge >= 0.3 is 0 Å². The van der Waals surface area contributed by atoms with Crippen LogP contribution in [-0.4, -0.2) is 30.9 Å². The van der Waals surface area contributed by atoms with E-state index in [-0.39, 0.29) is 30.3 Å². The lowest BCUT2D eigenvalue weighted by molar-refractivity contribution is -0.123. The summed E-state index contributed by atoms with van der Waals surface area (Å²) in [6, 6.07) is 7.82. The molecule has 132 valence electrons. The first kappa shape index (κ1) is 18.7. The maximum absolute atomic E-state index is 12.4. The number of fused-ring (bicyclic) bond motifs is 1. The molecule has 1 aromatic rings. The van der Waals surface area contributed by atoms with Crippen molar-refractivity contribution in [1.29, 1.82) is 0 Å². The second-order valence-electron chi connectivity index (χ2n) is 6.60. The molecular weight excluding hydrogens is 326 g/mol. The van der Waals surface area contributed by atoms with E-state index in [1.54, 1.807) is 13.1 Å². The average Bonchev–Trinajstić information content (AvgIpc) is 3.03. The third kappa shape index (κ3) is 4.28. The van der Waals surface area contributed by atoms with Crippen LogP contribution in [0.15, 0.2) is 24.3 Å². The maximum Gasteiger partial charge on any atom is 0.251 e. The Morgan fingerprint density at radius 3 is 2.79 bits per heavy atom. The van der Waals surface area contributed by atoms with Crippen LogP contribution in [-0.2, 0) is 11.3 Å². The van der Waals surface area contributed by atoms with E-state index in [1.807, 2.05) is 18.2 Å². The molecule has 3 N–H and O–H groups in total. The SMILES string of the molecule is CNC(=O)c1cccc(CNC(=O)C2CC3CCCCC3N2)c1.Cl. The van der Waals surface area contributed by atoms with Crippen LogP contribution < -0.4 is 16.0 Å². The fraction of sp³-hybridized carbons (Fsp3) is 0.556. The summed E-state index contributed by atoms with van der Waals surface area (Å²) in [6.07, 6.45) is 5.96. The van der Waals surface area contributed by atoms with Crippen molar-refractivity contribution >= 4 is 24.2 Å². The first-order chi connectivity index (χ1) is 11.2. The molecule has 1 saturated heterocycles. The van der Waals surface area contributed by atoms with Gasteiger partial charge in [-0.05, 0) is 42.9 Å². The van der Waals surface area contributed by atoms with Gasteiger partial charge in [-0.25, -0.2) is 0 Å². The van der Waals surface area contributed by atoms with Crippen LogP contribution in [0.3, 0.4) is 0 Å². The van der Waals surface area contributed by atoms with Gasteiger partial charge in [0.2, 0.25) is 5.91 Å². The highest BCUT2D eigenvalue weighted by Crippen LogP contribution is 2.33. The maximum atomic E-state index is 12.4. The molecule has 1 aliphatic carbocycles. The van der Waals surface area contributed by atoms with E-state index >= 15 is 0 Å². The zero-order valence-electron chi connectivity index (χ0n) is 14.0. The lowest BCUT2D eigenvalue weighted by Crippen LogP contribution is -2.42. The number of carbonyl (C=O) groups excluding carboxylic acids is 2. The molecule has 0 aromatic heterocycles. The molecule has 1 saturated carbocycles. The van der Waals surface area contributed by atoms with E-state index in [1.165, 1.54) is 25.7 Å². The Morgan fingerprint density at radius 1 is 1.25 bits per heavy atom. The van der Waals surface area contributed by atoms with Crippen molar-refractivity contribution in [2.24, 2.45) is 5.92 Å². The first-order valence-corrected chi connectivity index (χ1v) is 8.52. The van der Waals surface area contributed by atoms with Crippen LogP contribution in [0, 0.1) is 5.92 Å². The highest BCUT2D eigenvalue weighted by atomic mass is 35.5. The van der Waals surface area contributed by atoms with Gasteiger partial charge in [-0.15, -0.1) is 12.4 Å². The lowest BCUT2D eigenvalue weighted by Gasteiger charge is -2.24. The second-order valence-corrected chi connectivity index (χ2v) is 6.60. The van der Waals surface area contributed by atoms with E-state index < -0.39 is 0 Å². The molecule has 1 heterocycles. The Labute approximate surface area is 149 Å². The standard InChI is InChI=1S/C18H25N3O2.ClH/c1-19-17(22)14-7-4-5-12(9-14)11-20-18(23)16-10-13-6-2-3-8-15(13)21-16;/h4-5,7,9,13,15-16,21H,2-3,6,8,10-11H2,1H3,(H,19,22)(H,20,23);1H. The topological polar surface area (TPSA) is 70.2 Å². The smallest absolute Gasteiger partial charge is 0.251 e. The first-order valence-electron chi connectivity index (χ1n) is 8.52. The molecule has 1 aromatic carbocycles. The van der Waals surface area contributed by atoms with Crippen LogP contribution in [0.1, 0.15) is 48.0 Å². The summed E-state index contributed by atoms with van der Waals surface area (Å²) in [5.74, 6) is 0.625. The Balaban J connectivity index is 0.00000208. The molecule has 0 bridgehead atoms. The third-order valence-electron chi connectivity index (χ3n) is 5.06. The molecule has 3 rings (SSSR count). The number of amides is 2. The minimum absolute atomic E-state index is 0. The fourth-order valence-corrected chi connectivity index (χ4v) is 3.80. The second kappa shape index (κ2) is 8.49. The van der Waals surface area contributed by atoms with Crippen LogP contribution in [0.5, 0.6) is 0 Å². The number of rotatable bonds is 4. The number of nitrogens with one attached hydrogen (secondary N) is 3. The van der Waals surface area contributed by atoms with Gasteiger partial charge in [0.15, 0.2) is 0 Å². The van der Waals surface area contributed by atoms with Crippen LogP contribution in [0.25, 0.3) is 0 Å². The molecule has 0 radical (unpaired) electrons. The minimum atomic E-state index is -0.111. The zero-order valence-corrected chi connectivity index (χ0v) is 14.8. The Bertz CT molecular complexity index is 579. The molecule has 3 unspecified atom stereocenters. The van der Waals surface area contributed by atoms with Crippen LogP contribution >= 0.6 is 12.4 Å². The summed E-state index contributed by atoms with van der Waals surface area (Å²) < 4.78 is 0. The number of carbonyl (C=O) groups is 2. The molecule has 1 aliphatic heterocycles. The summed E-state index contributed by atoms with van der Waals surface area (Å²) in [4.78, 5) is 24.0. The fourth-order valence-electron chi connectivity index (χ4n) is 3.80. The number of benzene rings is 1. The van der Waals surface area contributed by atoms with Gasteiger partial charge in [0.05, 0.1) is 6.04 Å². The average molecular weight is 352 g/mol. The lowest BCUT2D eigenvalue weighted by atomic mass is 9.85. The van der Waals surface area contributed by atoms with Crippen molar-refractivity contribution in [2.45, 2.75) is 50.7 Å². The molecule has 6 heteroatoms. The molecule has 2 amide bonds. The highest BCUT2D eigenvalue weighted by Gasteiger charge is 2.37. The molecule has 5 nitrogen and oxygen atoms in total. The molecular formula is C18H26ClN3O2. The number of hydrogen-bond donors (Lipinski definition) is 3. The molecule has 2 aliphatic rings. The van der Waals surface area contributed by atoms with Crippen molar-refractivity contribution in [2.75, 3.05) is 7.05 Å². The minimum Gasteiger partial charge on any atom is -0.355 e. The van der Waals surface area contributed by atoms with Crippen molar-refractivity contribution in [3.8, 4) is 0 Å². The highest BCUT2D eigenvalue weighted by molar-refractivity contribution is 5.94. The third-order valence-corrected chi connectivity index (χ3v) is 5.06. The molecule has 24 heavy (non-hydrogen) atoms. The largest absolute Gasteiger partial charge is 0.355 e. The van der Waals surface area contributed by atoms with Crippen LogP contribution in [0.4, 0.5) is 0 Å². The van der Waals surface area contributed by atoms with E-state index in [0.717, 1.165) is 12.0 Å². The van der Waals surface area contributed by atoms with Gasteiger partial charge in [-0.2, -0.15) is 0 Å². The molecule has 0 spiro atoms. The monoisotopic (exact) mass is 351 g/mol. The Morgan fingerprint density at radius 2 is 2.04 bits per heavy atom. The van der Waals surface area contributed by atoms with Gasteiger partial charge in [-0.1, -0.05) is 25.0 Å². The summed E-state index contributed by atoms with van der Waals surface area (Å²) in [7, 11) is 1.61. The predicted molar refractivity (Wildman–Crippen MR) is 96.2 cm³/mol. The van der Waals surface area contributed by atoms with Gasteiger partial charge in [0, 0.05) is 25.2 Å². The summed E-state index contributed by atoms with van der Waals surface area (Å²) in [5.41, 5.74) is 1.55. The van der Waals surface area contributed by atoms with Gasteiger partial charge in [0.1, 0.15) is 0 Å². The molecule has 2 fully saturated rings. The van der Waals surface area contributed by atoms with Gasteiger partial charge < -0.3 is 16.0 Å². The summed E-state index contributed by atoms with van der Waals surface area (Å²) in [5, 5.41) is 9.10. The Hall–Kier alpha value is -1.59. The summed E-state index contributed by atoms with van der Waals surface area (Å²) >= 11 is 0. The van der Waals surface area contributed by atoms with E-state index in [9.17, 15) is 9.59 Å². The number of halogens is 1. The van der Waals surface area contributed by atoms with Crippen molar-refractivity contribution in [1.82, 2.24) is 16.0 Å². The van der Waals surface area contributed by atoms with Crippen molar-refractivity contribution in [3.05, 3.63) is 35.4 Å².